The standard InChI is InChI=1S/C29H32N2O3/c1-4-16-30-28(32)21(3)34-25-14-13-22-15-17-31(29(33)23-10-6-5-7-11-23)27(26(22)19-25)24-12-8-9-20(2)18-24/h5-14,18-19,21,27H,4,15-17H2,1-3H3,(H,30,32)/t21-,27-/m1/s1. The average molecular weight is 457 g/mol. The van der Waals surface area contributed by atoms with Crippen molar-refractivity contribution in [2.24, 2.45) is 0 Å². The third-order valence-corrected chi connectivity index (χ3v) is 6.22. The van der Waals surface area contributed by atoms with Gasteiger partial charge in [-0.25, -0.2) is 0 Å². The van der Waals surface area contributed by atoms with Gasteiger partial charge in [-0.3, -0.25) is 9.59 Å². The number of fused-ring (bicyclic) bond motifs is 1. The Kier molecular flexibility index (Phi) is 7.31. The Bertz CT molecular complexity index is 1160. The highest BCUT2D eigenvalue weighted by Gasteiger charge is 2.33. The van der Waals surface area contributed by atoms with Crippen molar-refractivity contribution in [3.05, 3.63) is 101 Å². The zero-order valence-electron chi connectivity index (χ0n) is 20.1. The highest BCUT2D eigenvalue weighted by atomic mass is 16.5. The van der Waals surface area contributed by atoms with Gasteiger partial charge in [-0.05, 0) is 67.6 Å². The van der Waals surface area contributed by atoms with Crippen LogP contribution in [0.1, 0.15) is 58.9 Å². The summed E-state index contributed by atoms with van der Waals surface area (Å²) in [6.45, 7) is 7.10. The van der Waals surface area contributed by atoms with Gasteiger partial charge >= 0.3 is 0 Å². The molecule has 0 fully saturated rings. The highest BCUT2D eigenvalue weighted by Crippen LogP contribution is 2.38. The summed E-state index contributed by atoms with van der Waals surface area (Å²) < 4.78 is 6.01. The lowest BCUT2D eigenvalue weighted by Gasteiger charge is -2.38. The van der Waals surface area contributed by atoms with E-state index in [1.807, 2.05) is 60.4 Å². The van der Waals surface area contributed by atoms with E-state index in [1.165, 1.54) is 5.56 Å². The van der Waals surface area contributed by atoms with E-state index in [0.29, 0.717) is 24.4 Å². The number of ether oxygens (including phenoxy) is 1. The van der Waals surface area contributed by atoms with Crippen molar-refractivity contribution in [2.75, 3.05) is 13.1 Å². The van der Waals surface area contributed by atoms with Crippen LogP contribution in [0.2, 0.25) is 0 Å². The summed E-state index contributed by atoms with van der Waals surface area (Å²) in [5.41, 5.74) is 5.12. The molecule has 3 aromatic carbocycles. The van der Waals surface area contributed by atoms with Gasteiger partial charge in [-0.1, -0.05) is 61.0 Å². The molecule has 0 unspecified atom stereocenters. The molecule has 1 heterocycles. The van der Waals surface area contributed by atoms with Gasteiger partial charge in [0, 0.05) is 18.7 Å². The van der Waals surface area contributed by atoms with Crippen molar-refractivity contribution in [3.8, 4) is 5.75 Å². The summed E-state index contributed by atoms with van der Waals surface area (Å²) in [7, 11) is 0. The Labute approximate surface area is 201 Å². The van der Waals surface area contributed by atoms with Crippen LogP contribution >= 0.6 is 0 Å². The molecule has 0 radical (unpaired) electrons. The fourth-order valence-corrected chi connectivity index (χ4v) is 4.48. The molecule has 2 amide bonds. The van der Waals surface area contributed by atoms with Crippen LogP contribution in [0, 0.1) is 6.92 Å². The van der Waals surface area contributed by atoms with Crippen LogP contribution in [0.5, 0.6) is 5.75 Å². The molecular weight excluding hydrogens is 424 g/mol. The minimum atomic E-state index is -0.604. The Morgan fingerprint density at radius 2 is 1.85 bits per heavy atom. The molecule has 5 nitrogen and oxygen atoms in total. The zero-order chi connectivity index (χ0) is 24.1. The summed E-state index contributed by atoms with van der Waals surface area (Å²) in [4.78, 5) is 27.9. The Balaban J connectivity index is 1.70. The Morgan fingerprint density at radius 3 is 2.59 bits per heavy atom. The van der Waals surface area contributed by atoms with Gasteiger partial charge in [0.05, 0.1) is 6.04 Å². The molecule has 3 aromatic rings. The predicted molar refractivity (Wildman–Crippen MR) is 134 cm³/mol. The number of hydrogen-bond acceptors (Lipinski definition) is 3. The predicted octanol–water partition coefficient (Wildman–Crippen LogP) is 5.08. The number of hydrogen-bond donors (Lipinski definition) is 1. The number of rotatable bonds is 7. The van der Waals surface area contributed by atoms with Crippen LogP contribution in [0.25, 0.3) is 0 Å². The molecular formula is C29H32N2O3. The first-order valence-corrected chi connectivity index (χ1v) is 12.0. The second-order valence-electron chi connectivity index (χ2n) is 8.84. The number of aryl methyl sites for hydroxylation is 1. The lowest BCUT2D eigenvalue weighted by atomic mass is 9.87. The number of nitrogens with zero attached hydrogens (tertiary/aromatic N) is 1. The molecule has 1 aliphatic rings. The number of amides is 2. The topological polar surface area (TPSA) is 58.6 Å². The molecule has 176 valence electrons. The van der Waals surface area contributed by atoms with Crippen LogP contribution in [0.3, 0.4) is 0 Å². The van der Waals surface area contributed by atoms with Gasteiger partial charge < -0.3 is 15.0 Å². The fourth-order valence-electron chi connectivity index (χ4n) is 4.48. The minimum absolute atomic E-state index is 0.0105. The summed E-state index contributed by atoms with van der Waals surface area (Å²) in [6.07, 6.45) is 1.04. The second kappa shape index (κ2) is 10.6. The minimum Gasteiger partial charge on any atom is -0.481 e. The van der Waals surface area contributed by atoms with E-state index in [-0.39, 0.29) is 17.9 Å². The van der Waals surface area contributed by atoms with Crippen molar-refractivity contribution in [1.82, 2.24) is 10.2 Å². The molecule has 34 heavy (non-hydrogen) atoms. The average Bonchev–Trinajstić information content (AvgIpc) is 2.86. The van der Waals surface area contributed by atoms with Crippen LogP contribution in [0.15, 0.2) is 72.8 Å². The summed E-state index contributed by atoms with van der Waals surface area (Å²) in [5.74, 6) is 0.511. The van der Waals surface area contributed by atoms with Crippen LogP contribution in [0.4, 0.5) is 0 Å². The second-order valence-corrected chi connectivity index (χ2v) is 8.84. The molecule has 0 aromatic heterocycles. The van der Waals surface area contributed by atoms with E-state index >= 15 is 0 Å². The van der Waals surface area contributed by atoms with Crippen LogP contribution in [-0.4, -0.2) is 35.9 Å². The molecule has 1 aliphatic heterocycles. The van der Waals surface area contributed by atoms with Gasteiger partial charge in [0.15, 0.2) is 6.10 Å². The monoisotopic (exact) mass is 456 g/mol. The maximum Gasteiger partial charge on any atom is 0.260 e. The van der Waals surface area contributed by atoms with Crippen molar-refractivity contribution in [2.45, 2.75) is 45.8 Å². The fraction of sp³-hybridized carbons (Fsp3) is 0.310. The number of carbonyl (C=O) groups excluding carboxylic acids is 2. The highest BCUT2D eigenvalue weighted by molar-refractivity contribution is 5.95. The van der Waals surface area contributed by atoms with Gasteiger partial charge in [-0.2, -0.15) is 0 Å². The van der Waals surface area contributed by atoms with Crippen molar-refractivity contribution in [1.29, 1.82) is 0 Å². The Hall–Kier alpha value is -3.60. The first-order valence-electron chi connectivity index (χ1n) is 12.0. The Morgan fingerprint density at radius 1 is 1.06 bits per heavy atom. The molecule has 0 aliphatic carbocycles. The van der Waals surface area contributed by atoms with E-state index in [9.17, 15) is 9.59 Å². The molecule has 2 atom stereocenters. The van der Waals surface area contributed by atoms with Gasteiger partial charge in [0.1, 0.15) is 5.75 Å². The van der Waals surface area contributed by atoms with E-state index in [1.54, 1.807) is 6.92 Å². The van der Waals surface area contributed by atoms with E-state index in [2.05, 4.69) is 36.5 Å². The quantitative estimate of drug-likeness (QED) is 0.540. The normalized spacial score (nSPS) is 15.9. The van der Waals surface area contributed by atoms with Crippen molar-refractivity contribution in [3.63, 3.8) is 0 Å². The molecule has 1 N–H and O–H groups in total. The molecule has 4 rings (SSSR count). The summed E-state index contributed by atoms with van der Waals surface area (Å²) in [6, 6.07) is 23.5. The zero-order valence-corrected chi connectivity index (χ0v) is 20.1. The maximum absolute atomic E-state index is 13.6. The number of carbonyl (C=O) groups is 2. The molecule has 0 saturated heterocycles. The smallest absolute Gasteiger partial charge is 0.260 e. The summed E-state index contributed by atoms with van der Waals surface area (Å²) >= 11 is 0. The van der Waals surface area contributed by atoms with Crippen molar-refractivity contribution >= 4 is 11.8 Å². The molecule has 0 bridgehead atoms. The van der Waals surface area contributed by atoms with Gasteiger partial charge in [0.25, 0.3) is 11.8 Å². The largest absolute Gasteiger partial charge is 0.481 e. The van der Waals surface area contributed by atoms with E-state index in [4.69, 9.17) is 4.74 Å². The maximum atomic E-state index is 13.6. The SMILES string of the molecule is CCCNC(=O)[C@@H](C)Oc1ccc2c(c1)[C@@H](c1cccc(C)c1)N(C(=O)c1ccccc1)CC2. The third kappa shape index (κ3) is 5.14. The number of nitrogens with one attached hydrogen (secondary N) is 1. The molecule has 5 heteroatoms. The molecule has 0 saturated carbocycles. The van der Waals surface area contributed by atoms with Gasteiger partial charge in [-0.15, -0.1) is 0 Å². The third-order valence-electron chi connectivity index (χ3n) is 6.22. The summed E-state index contributed by atoms with van der Waals surface area (Å²) in [5, 5.41) is 2.88. The lowest BCUT2D eigenvalue weighted by Crippen LogP contribution is -2.40. The molecule has 0 spiro atoms. The van der Waals surface area contributed by atoms with Crippen LogP contribution < -0.4 is 10.1 Å². The van der Waals surface area contributed by atoms with Crippen LogP contribution in [-0.2, 0) is 11.2 Å². The van der Waals surface area contributed by atoms with E-state index in [0.717, 1.165) is 29.5 Å². The first-order chi connectivity index (χ1) is 16.5. The van der Waals surface area contributed by atoms with Gasteiger partial charge in [0.2, 0.25) is 0 Å². The van der Waals surface area contributed by atoms with Crippen molar-refractivity contribution < 1.29 is 14.3 Å². The van der Waals surface area contributed by atoms with E-state index < -0.39 is 6.10 Å². The first kappa shape index (κ1) is 23.6. The number of benzene rings is 3. The lowest BCUT2D eigenvalue weighted by molar-refractivity contribution is -0.127.